The van der Waals surface area contributed by atoms with E-state index < -0.39 is 17.4 Å². The molecule has 1 atom stereocenters. The van der Waals surface area contributed by atoms with Gasteiger partial charge in [-0.1, -0.05) is 84.4 Å². The first-order valence-corrected chi connectivity index (χ1v) is 9.68. The minimum absolute atomic E-state index is 0.165. The second-order valence-corrected chi connectivity index (χ2v) is 7.49. The molecule has 0 radical (unpaired) electrons. The lowest BCUT2D eigenvalue weighted by molar-refractivity contribution is -0.142. The van der Waals surface area contributed by atoms with Crippen LogP contribution in [0.25, 0.3) is 0 Å². The summed E-state index contributed by atoms with van der Waals surface area (Å²) >= 11 is 5.90. The molecule has 0 bridgehead atoms. The predicted molar refractivity (Wildman–Crippen MR) is 114 cm³/mol. The SMILES string of the molecule is CC(C(=O)N[C@H](Cc1ccc(Cl)cc1)C(=O)O)(c1ccccc1)c1ccccc1. The second-order valence-electron chi connectivity index (χ2n) is 7.05. The quantitative estimate of drug-likeness (QED) is 0.607. The molecule has 0 unspecified atom stereocenters. The van der Waals surface area contributed by atoms with Gasteiger partial charge in [-0.15, -0.1) is 0 Å². The average molecular weight is 408 g/mol. The number of halogens is 1. The molecule has 3 rings (SSSR count). The van der Waals surface area contributed by atoms with Gasteiger partial charge >= 0.3 is 5.97 Å². The summed E-state index contributed by atoms with van der Waals surface area (Å²) in [6, 6.07) is 24.6. The smallest absolute Gasteiger partial charge is 0.326 e. The van der Waals surface area contributed by atoms with Gasteiger partial charge in [0.2, 0.25) is 5.91 Å². The van der Waals surface area contributed by atoms with Crippen LogP contribution in [0, 0.1) is 0 Å². The summed E-state index contributed by atoms with van der Waals surface area (Å²) in [5, 5.41) is 13.0. The summed E-state index contributed by atoms with van der Waals surface area (Å²) in [6.07, 6.45) is 0.165. The van der Waals surface area contributed by atoms with Crippen LogP contribution in [0.3, 0.4) is 0 Å². The molecule has 0 heterocycles. The van der Waals surface area contributed by atoms with Gasteiger partial charge in [-0.3, -0.25) is 4.79 Å². The van der Waals surface area contributed by atoms with Crippen LogP contribution in [-0.2, 0) is 21.4 Å². The van der Waals surface area contributed by atoms with Crippen molar-refractivity contribution in [3.8, 4) is 0 Å². The maximum Gasteiger partial charge on any atom is 0.326 e. The van der Waals surface area contributed by atoms with Gasteiger partial charge in [-0.25, -0.2) is 4.79 Å². The molecule has 0 saturated carbocycles. The van der Waals surface area contributed by atoms with E-state index in [9.17, 15) is 14.7 Å². The molecule has 0 aliphatic carbocycles. The number of carboxylic acid groups (broad SMARTS) is 1. The zero-order valence-corrected chi connectivity index (χ0v) is 16.8. The fraction of sp³-hybridized carbons (Fsp3) is 0.167. The highest BCUT2D eigenvalue weighted by molar-refractivity contribution is 6.30. The number of hydrogen-bond acceptors (Lipinski definition) is 2. The Morgan fingerprint density at radius 2 is 1.38 bits per heavy atom. The Bertz CT molecular complexity index is 933. The number of amides is 1. The maximum atomic E-state index is 13.4. The lowest BCUT2D eigenvalue weighted by Gasteiger charge is -2.31. The summed E-state index contributed by atoms with van der Waals surface area (Å²) in [7, 11) is 0. The molecule has 29 heavy (non-hydrogen) atoms. The Hall–Kier alpha value is -3.11. The number of nitrogens with one attached hydrogen (secondary N) is 1. The highest BCUT2D eigenvalue weighted by Crippen LogP contribution is 2.32. The highest BCUT2D eigenvalue weighted by atomic mass is 35.5. The third kappa shape index (κ3) is 4.66. The van der Waals surface area contributed by atoms with E-state index in [-0.39, 0.29) is 12.3 Å². The molecule has 3 aromatic carbocycles. The van der Waals surface area contributed by atoms with Crippen molar-refractivity contribution >= 4 is 23.5 Å². The van der Waals surface area contributed by atoms with Crippen molar-refractivity contribution in [1.82, 2.24) is 5.32 Å². The first-order valence-electron chi connectivity index (χ1n) is 9.30. The molecule has 4 nitrogen and oxygen atoms in total. The Balaban J connectivity index is 1.92. The standard InChI is InChI=1S/C24H22ClNO3/c1-24(18-8-4-2-5-9-18,19-10-6-3-7-11-19)23(29)26-21(22(27)28)16-17-12-14-20(25)15-13-17/h2-15,21H,16H2,1H3,(H,26,29)(H,27,28)/t21-/m1/s1. The van der Waals surface area contributed by atoms with E-state index in [4.69, 9.17) is 11.6 Å². The van der Waals surface area contributed by atoms with E-state index in [1.807, 2.05) is 67.6 Å². The van der Waals surface area contributed by atoms with Gasteiger partial charge in [-0.05, 0) is 35.7 Å². The molecular weight excluding hydrogens is 386 g/mol. The Morgan fingerprint density at radius 1 is 0.897 bits per heavy atom. The number of carbonyl (C=O) groups excluding carboxylic acids is 1. The normalized spacial score (nSPS) is 12.2. The second kappa shape index (κ2) is 8.93. The van der Waals surface area contributed by atoms with Crippen molar-refractivity contribution in [2.24, 2.45) is 0 Å². The fourth-order valence-electron chi connectivity index (χ4n) is 3.33. The van der Waals surface area contributed by atoms with Crippen LogP contribution in [0.2, 0.25) is 5.02 Å². The average Bonchev–Trinajstić information content (AvgIpc) is 2.75. The molecule has 148 valence electrons. The van der Waals surface area contributed by atoms with Crippen LogP contribution in [0.4, 0.5) is 0 Å². The number of benzene rings is 3. The minimum Gasteiger partial charge on any atom is -0.480 e. The van der Waals surface area contributed by atoms with Gasteiger partial charge in [0, 0.05) is 11.4 Å². The van der Waals surface area contributed by atoms with Crippen molar-refractivity contribution in [3.05, 3.63) is 107 Å². The Morgan fingerprint density at radius 3 is 1.83 bits per heavy atom. The molecule has 0 aliphatic heterocycles. The monoisotopic (exact) mass is 407 g/mol. The highest BCUT2D eigenvalue weighted by Gasteiger charge is 2.38. The maximum absolute atomic E-state index is 13.4. The molecule has 0 aromatic heterocycles. The summed E-state index contributed by atoms with van der Waals surface area (Å²) in [5.41, 5.74) is 1.33. The number of rotatable bonds is 7. The molecule has 0 saturated heterocycles. The topological polar surface area (TPSA) is 66.4 Å². The first-order chi connectivity index (χ1) is 13.9. The van der Waals surface area contributed by atoms with Crippen LogP contribution in [0.15, 0.2) is 84.9 Å². The summed E-state index contributed by atoms with van der Waals surface area (Å²) in [6.45, 7) is 1.81. The van der Waals surface area contributed by atoms with Gasteiger partial charge in [0.1, 0.15) is 6.04 Å². The number of carboxylic acids is 1. The third-order valence-electron chi connectivity index (χ3n) is 5.11. The fourth-order valence-corrected chi connectivity index (χ4v) is 3.46. The molecule has 3 aromatic rings. The summed E-state index contributed by atoms with van der Waals surface area (Å²) < 4.78 is 0. The van der Waals surface area contributed by atoms with Crippen LogP contribution < -0.4 is 5.32 Å². The molecule has 2 N–H and O–H groups in total. The number of carbonyl (C=O) groups is 2. The van der Waals surface area contributed by atoms with Crippen molar-refractivity contribution < 1.29 is 14.7 Å². The number of hydrogen-bond donors (Lipinski definition) is 2. The van der Waals surface area contributed by atoms with Gasteiger partial charge in [0.05, 0.1) is 5.41 Å². The molecule has 0 aliphatic rings. The van der Waals surface area contributed by atoms with Crippen molar-refractivity contribution in [1.29, 1.82) is 0 Å². The van der Waals surface area contributed by atoms with E-state index in [2.05, 4.69) is 5.32 Å². The predicted octanol–water partition coefficient (Wildman–Crippen LogP) is 4.46. The molecule has 5 heteroatoms. The van der Waals surface area contributed by atoms with E-state index in [1.165, 1.54) is 0 Å². The van der Waals surface area contributed by atoms with Gasteiger partial charge < -0.3 is 10.4 Å². The third-order valence-corrected chi connectivity index (χ3v) is 5.36. The number of aliphatic carboxylic acids is 1. The van der Waals surface area contributed by atoms with Crippen LogP contribution in [0.1, 0.15) is 23.6 Å². The van der Waals surface area contributed by atoms with Crippen LogP contribution >= 0.6 is 11.6 Å². The molecule has 0 spiro atoms. The molecule has 1 amide bonds. The minimum atomic E-state index is -1.09. The van der Waals surface area contributed by atoms with Crippen LogP contribution in [-0.4, -0.2) is 23.0 Å². The van der Waals surface area contributed by atoms with E-state index in [0.29, 0.717) is 5.02 Å². The van der Waals surface area contributed by atoms with E-state index in [1.54, 1.807) is 24.3 Å². The van der Waals surface area contributed by atoms with Crippen molar-refractivity contribution in [2.45, 2.75) is 24.8 Å². The van der Waals surface area contributed by atoms with Crippen LogP contribution in [0.5, 0.6) is 0 Å². The zero-order valence-electron chi connectivity index (χ0n) is 16.0. The largest absolute Gasteiger partial charge is 0.480 e. The van der Waals surface area contributed by atoms with E-state index in [0.717, 1.165) is 16.7 Å². The Kier molecular flexibility index (Phi) is 6.35. The lowest BCUT2D eigenvalue weighted by atomic mass is 9.75. The summed E-state index contributed by atoms with van der Waals surface area (Å²) in [5.74, 6) is -1.45. The van der Waals surface area contributed by atoms with Crippen molar-refractivity contribution in [3.63, 3.8) is 0 Å². The molecule has 0 fully saturated rings. The van der Waals surface area contributed by atoms with Gasteiger partial charge in [0.15, 0.2) is 0 Å². The van der Waals surface area contributed by atoms with Gasteiger partial charge in [0.25, 0.3) is 0 Å². The van der Waals surface area contributed by atoms with Crippen molar-refractivity contribution in [2.75, 3.05) is 0 Å². The Labute approximate surface area is 175 Å². The first kappa shape index (κ1) is 20.6. The van der Waals surface area contributed by atoms with E-state index >= 15 is 0 Å². The van der Waals surface area contributed by atoms with Gasteiger partial charge in [-0.2, -0.15) is 0 Å². The zero-order chi connectivity index (χ0) is 20.9. The molecular formula is C24H22ClNO3. The lowest BCUT2D eigenvalue weighted by Crippen LogP contribution is -2.50. The summed E-state index contributed by atoms with van der Waals surface area (Å²) in [4.78, 5) is 25.3.